The fraction of sp³-hybridized carbons (Fsp3) is 0.200. The molecular weight excluding hydrogens is 628 g/mol. The zero-order valence-electron chi connectivity index (χ0n) is 19.5. The molecular formula is C25H16Cl5F4N3O2. The van der Waals surface area contributed by atoms with Gasteiger partial charge in [-0.2, -0.15) is 13.2 Å². The molecule has 0 saturated heterocycles. The number of benzene rings is 3. The predicted octanol–water partition coefficient (Wildman–Crippen LogP) is 8.47. The van der Waals surface area contributed by atoms with Crippen LogP contribution in [0.15, 0.2) is 42.5 Å². The van der Waals surface area contributed by atoms with Gasteiger partial charge in [-0.25, -0.2) is 4.39 Å². The number of hydrogen-bond donors (Lipinski definition) is 3. The van der Waals surface area contributed by atoms with E-state index < -0.39 is 50.6 Å². The maximum atomic E-state index is 13.6. The quantitative estimate of drug-likeness (QED) is 0.148. The maximum Gasteiger partial charge on any atom is 0.417 e. The Labute approximate surface area is 244 Å². The summed E-state index contributed by atoms with van der Waals surface area (Å²) in [6, 6.07) is 8.39. The molecule has 1 fully saturated rings. The highest BCUT2D eigenvalue weighted by molar-refractivity contribution is 6.53. The van der Waals surface area contributed by atoms with Gasteiger partial charge in [-0.1, -0.05) is 34.8 Å². The minimum Gasteiger partial charge on any atom is -0.396 e. The minimum atomic E-state index is -4.80. The molecule has 14 heteroatoms. The second-order valence-electron chi connectivity index (χ2n) is 8.76. The van der Waals surface area contributed by atoms with Gasteiger partial charge < -0.3 is 16.4 Å². The van der Waals surface area contributed by atoms with E-state index in [9.17, 15) is 27.2 Å². The number of rotatable bonds is 5. The van der Waals surface area contributed by atoms with Crippen LogP contribution >= 0.6 is 58.0 Å². The highest BCUT2D eigenvalue weighted by atomic mass is 35.5. The molecule has 3 aromatic rings. The van der Waals surface area contributed by atoms with Crippen molar-refractivity contribution in [2.24, 2.45) is 5.92 Å². The van der Waals surface area contributed by atoms with Crippen LogP contribution in [0.1, 0.15) is 33.0 Å². The summed E-state index contributed by atoms with van der Waals surface area (Å²) < 4.78 is 52.1. The number of halogens is 9. The SMILES string of the molecule is Cc1c(NC(=O)c2cc(NC(=O)C3C(c4cc(Cl)c(Cl)c(C(F)(F)F)c4)C3(Cl)Cl)ccc2Cl)ccc(F)c1N. The molecule has 206 valence electrons. The van der Waals surface area contributed by atoms with Gasteiger partial charge in [0.1, 0.15) is 10.2 Å². The lowest BCUT2D eigenvalue weighted by Gasteiger charge is -2.13. The normalized spacial score (nSPS) is 18.0. The third-order valence-corrected chi connectivity index (χ3v) is 8.31. The average molecular weight is 644 g/mol. The van der Waals surface area contributed by atoms with Crippen molar-refractivity contribution in [3.05, 3.63) is 85.6 Å². The van der Waals surface area contributed by atoms with Crippen molar-refractivity contribution < 1.29 is 27.2 Å². The molecule has 2 unspecified atom stereocenters. The average Bonchev–Trinajstić information content (AvgIpc) is 3.43. The summed E-state index contributed by atoms with van der Waals surface area (Å²) in [5.41, 5.74) is 4.98. The zero-order chi connectivity index (χ0) is 29.0. The second kappa shape index (κ2) is 10.5. The molecule has 3 aromatic carbocycles. The third-order valence-electron chi connectivity index (χ3n) is 6.24. The van der Waals surface area contributed by atoms with E-state index in [1.807, 2.05) is 0 Å². The predicted molar refractivity (Wildman–Crippen MR) is 146 cm³/mol. The van der Waals surface area contributed by atoms with Gasteiger partial charge in [0.15, 0.2) is 0 Å². The molecule has 4 N–H and O–H groups in total. The number of hydrogen-bond acceptors (Lipinski definition) is 3. The summed E-state index contributed by atoms with van der Waals surface area (Å²) >= 11 is 30.4. The highest BCUT2D eigenvalue weighted by Gasteiger charge is 2.68. The molecule has 0 heterocycles. The Hall–Kier alpha value is -2.43. The first-order valence-electron chi connectivity index (χ1n) is 10.9. The number of carbonyl (C=O) groups is 2. The zero-order valence-corrected chi connectivity index (χ0v) is 23.3. The molecule has 5 nitrogen and oxygen atoms in total. The van der Waals surface area contributed by atoms with Gasteiger partial charge in [-0.3, -0.25) is 9.59 Å². The summed E-state index contributed by atoms with van der Waals surface area (Å²) in [5.74, 6) is -4.22. The van der Waals surface area contributed by atoms with Crippen molar-refractivity contribution >= 4 is 86.9 Å². The Morgan fingerprint density at radius 1 is 0.974 bits per heavy atom. The smallest absolute Gasteiger partial charge is 0.396 e. The third kappa shape index (κ3) is 5.74. The van der Waals surface area contributed by atoms with Crippen LogP contribution in [0.3, 0.4) is 0 Å². The fourth-order valence-corrected chi connectivity index (χ4v) is 5.56. The molecule has 2 amide bonds. The number of carbonyl (C=O) groups excluding carboxylic acids is 2. The summed E-state index contributed by atoms with van der Waals surface area (Å²) in [6.45, 7) is 1.52. The van der Waals surface area contributed by atoms with Gasteiger partial charge in [0.25, 0.3) is 5.91 Å². The molecule has 1 saturated carbocycles. The molecule has 0 radical (unpaired) electrons. The van der Waals surface area contributed by atoms with Crippen molar-refractivity contribution in [3.63, 3.8) is 0 Å². The Bertz CT molecular complexity index is 1510. The van der Waals surface area contributed by atoms with Crippen LogP contribution in [0.4, 0.5) is 34.6 Å². The summed E-state index contributed by atoms with van der Waals surface area (Å²) in [4.78, 5) is 25.9. The van der Waals surface area contributed by atoms with E-state index in [2.05, 4.69) is 10.6 Å². The van der Waals surface area contributed by atoms with Crippen LogP contribution in [0.25, 0.3) is 0 Å². The number of nitrogens with two attached hydrogens (primary N) is 1. The van der Waals surface area contributed by atoms with Crippen molar-refractivity contribution in [1.29, 1.82) is 0 Å². The van der Waals surface area contributed by atoms with Gasteiger partial charge in [0.2, 0.25) is 5.91 Å². The number of amides is 2. The van der Waals surface area contributed by atoms with E-state index in [-0.39, 0.29) is 38.2 Å². The molecule has 0 bridgehead atoms. The summed E-state index contributed by atoms with van der Waals surface area (Å²) in [6.07, 6.45) is -4.80. The first-order chi connectivity index (χ1) is 18.0. The lowest BCUT2D eigenvalue weighted by molar-refractivity contribution is -0.137. The lowest BCUT2D eigenvalue weighted by atomic mass is 10.0. The van der Waals surface area contributed by atoms with Crippen LogP contribution in [-0.2, 0) is 11.0 Å². The van der Waals surface area contributed by atoms with Crippen LogP contribution in [-0.4, -0.2) is 16.1 Å². The standard InChI is InChI=1S/C25H16Cl5F4N3O2/c1-9-17(5-4-16(31)21(9)35)37-22(38)12-8-11(2-3-14(12)26)36-23(39)19-18(24(19,29)30)10-6-13(25(32,33)34)20(28)15(27)7-10/h2-8,18-19H,35H2,1H3,(H,36,39)(H,37,38). The van der Waals surface area contributed by atoms with Crippen molar-refractivity contribution in [2.75, 3.05) is 16.4 Å². The molecule has 2 atom stereocenters. The largest absolute Gasteiger partial charge is 0.417 e. The first-order valence-corrected chi connectivity index (χ1v) is 12.8. The van der Waals surface area contributed by atoms with E-state index in [0.717, 1.165) is 12.1 Å². The summed E-state index contributed by atoms with van der Waals surface area (Å²) in [5, 5.41) is 4.11. The number of nitrogens with one attached hydrogen (secondary N) is 2. The second-order valence-corrected chi connectivity index (χ2v) is 11.4. The molecule has 4 rings (SSSR count). The molecule has 39 heavy (non-hydrogen) atoms. The van der Waals surface area contributed by atoms with E-state index in [0.29, 0.717) is 5.56 Å². The minimum absolute atomic E-state index is 0.0213. The van der Waals surface area contributed by atoms with Crippen molar-refractivity contribution in [3.8, 4) is 0 Å². The van der Waals surface area contributed by atoms with E-state index >= 15 is 0 Å². The number of anilines is 3. The van der Waals surface area contributed by atoms with Gasteiger partial charge in [0, 0.05) is 17.3 Å². The van der Waals surface area contributed by atoms with Crippen molar-refractivity contribution in [1.82, 2.24) is 0 Å². The van der Waals surface area contributed by atoms with Crippen molar-refractivity contribution in [2.45, 2.75) is 23.4 Å². The molecule has 0 spiro atoms. The fourth-order valence-electron chi connectivity index (χ4n) is 4.08. The van der Waals surface area contributed by atoms with Crippen LogP contribution in [0.5, 0.6) is 0 Å². The van der Waals surface area contributed by atoms with Gasteiger partial charge in [-0.05, 0) is 60.5 Å². The van der Waals surface area contributed by atoms with Gasteiger partial charge >= 0.3 is 6.18 Å². The van der Waals surface area contributed by atoms with Gasteiger partial charge in [-0.15, -0.1) is 23.2 Å². The Kier molecular flexibility index (Phi) is 7.97. The first kappa shape index (κ1) is 29.6. The van der Waals surface area contributed by atoms with Gasteiger partial charge in [0.05, 0.1) is 37.8 Å². The Morgan fingerprint density at radius 2 is 1.64 bits per heavy atom. The Balaban J connectivity index is 1.55. The van der Waals surface area contributed by atoms with E-state index in [4.69, 9.17) is 63.7 Å². The molecule has 0 aliphatic heterocycles. The monoisotopic (exact) mass is 641 g/mol. The molecule has 1 aliphatic carbocycles. The lowest BCUT2D eigenvalue weighted by Crippen LogP contribution is -2.18. The number of alkyl halides is 5. The van der Waals surface area contributed by atoms with E-state index in [1.54, 1.807) is 0 Å². The number of nitrogen functional groups attached to an aromatic ring is 1. The van der Waals surface area contributed by atoms with Crippen LogP contribution in [0, 0.1) is 18.7 Å². The topological polar surface area (TPSA) is 84.2 Å². The Morgan fingerprint density at radius 3 is 2.28 bits per heavy atom. The van der Waals surface area contributed by atoms with E-state index in [1.165, 1.54) is 37.3 Å². The summed E-state index contributed by atoms with van der Waals surface area (Å²) in [7, 11) is 0. The molecule has 1 aliphatic rings. The van der Waals surface area contributed by atoms with Crippen LogP contribution < -0.4 is 16.4 Å². The molecule has 0 aromatic heterocycles. The van der Waals surface area contributed by atoms with Crippen LogP contribution in [0.2, 0.25) is 15.1 Å². The maximum absolute atomic E-state index is 13.6. The highest BCUT2D eigenvalue weighted by Crippen LogP contribution is 2.66.